The van der Waals surface area contributed by atoms with E-state index in [2.05, 4.69) is 31.5 Å². The van der Waals surface area contributed by atoms with Crippen LogP contribution in [0.2, 0.25) is 0 Å². The van der Waals surface area contributed by atoms with E-state index in [1.807, 2.05) is 17.6 Å². The summed E-state index contributed by atoms with van der Waals surface area (Å²) >= 11 is 0. The van der Waals surface area contributed by atoms with Crippen molar-refractivity contribution >= 4 is 11.7 Å². The minimum atomic E-state index is 0.00706. The number of hydrogen-bond donors (Lipinski definition) is 1. The Morgan fingerprint density at radius 2 is 2.20 bits per heavy atom. The molecule has 0 spiro atoms. The number of nitrogens with zero attached hydrogens (tertiary/aromatic N) is 6. The van der Waals surface area contributed by atoms with Crippen LogP contribution in [0, 0.1) is 17.2 Å². The Morgan fingerprint density at radius 3 is 2.84 bits per heavy atom. The maximum Gasteiger partial charge on any atom is 0.223 e. The van der Waals surface area contributed by atoms with Crippen molar-refractivity contribution in [1.29, 1.82) is 5.26 Å². The number of nitriles is 1. The standard InChI is InChI=1S/C17H21N7O/c1-2-23-12-21-22-16(23)11-20-17(25)14-5-7-24(8-6-14)15-4-3-13(9-18)10-19-15/h3-4,10,12,14H,2,5-8,11H2,1H3,(H,20,25). The third kappa shape index (κ3) is 3.94. The van der Waals surface area contributed by atoms with Crippen molar-refractivity contribution in [3.05, 3.63) is 36.0 Å². The van der Waals surface area contributed by atoms with Crippen LogP contribution in [-0.2, 0) is 17.9 Å². The summed E-state index contributed by atoms with van der Waals surface area (Å²) in [6.45, 7) is 4.77. The highest BCUT2D eigenvalue weighted by Gasteiger charge is 2.25. The molecule has 3 heterocycles. The number of aromatic nitrogens is 4. The van der Waals surface area contributed by atoms with Crippen LogP contribution in [0.25, 0.3) is 0 Å². The molecule has 0 bridgehead atoms. The van der Waals surface area contributed by atoms with Gasteiger partial charge in [0.15, 0.2) is 5.82 Å². The normalized spacial score (nSPS) is 15.0. The monoisotopic (exact) mass is 339 g/mol. The number of piperidine rings is 1. The zero-order valence-electron chi connectivity index (χ0n) is 14.2. The van der Waals surface area contributed by atoms with Crippen molar-refractivity contribution in [2.24, 2.45) is 5.92 Å². The van der Waals surface area contributed by atoms with E-state index in [4.69, 9.17) is 5.26 Å². The molecule has 0 unspecified atom stereocenters. The van der Waals surface area contributed by atoms with E-state index in [9.17, 15) is 4.79 Å². The zero-order chi connectivity index (χ0) is 17.6. The molecule has 2 aromatic heterocycles. The van der Waals surface area contributed by atoms with E-state index in [1.54, 1.807) is 18.6 Å². The number of carbonyl (C=O) groups excluding carboxylic acids is 1. The first-order valence-corrected chi connectivity index (χ1v) is 8.46. The molecular weight excluding hydrogens is 318 g/mol. The first-order chi connectivity index (χ1) is 12.2. The lowest BCUT2D eigenvalue weighted by atomic mass is 9.96. The molecule has 0 aromatic carbocycles. The number of anilines is 1. The lowest BCUT2D eigenvalue weighted by Crippen LogP contribution is -2.40. The van der Waals surface area contributed by atoms with Crippen LogP contribution >= 0.6 is 0 Å². The highest BCUT2D eigenvalue weighted by molar-refractivity contribution is 5.78. The molecule has 1 aliphatic heterocycles. The van der Waals surface area contributed by atoms with E-state index in [0.29, 0.717) is 12.1 Å². The molecule has 1 N–H and O–H groups in total. The number of hydrogen-bond acceptors (Lipinski definition) is 6. The largest absolute Gasteiger partial charge is 0.357 e. The third-order valence-electron chi connectivity index (χ3n) is 4.52. The van der Waals surface area contributed by atoms with Gasteiger partial charge in [-0.3, -0.25) is 4.79 Å². The molecule has 8 nitrogen and oxygen atoms in total. The van der Waals surface area contributed by atoms with Crippen molar-refractivity contribution in [2.75, 3.05) is 18.0 Å². The average Bonchev–Trinajstić information content (AvgIpc) is 3.14. The Balaban J connectivity index is 1.49. The Morgan fingerprint density at radius 1 is 1.40 bits per heavy atom. The van der Waals surface area contributed by atoms with Gasteiger partial charge in [0.2, 0.25) is 5.91 Å². The van der Waals surface area contributed by atoms with Gasteiger partial charge in [0.05, 0.1) is 12.1 Å². The molecule has 0 radical (unpaired) electrons. The second-order valence-corrected chi connectivity index (χ2v) is 6.03. The summed E-state index contributed by atoms with van der Waals surface area (Å²) in [6, 6.07) is 5.69. The number of amides is 1. The summed E-state index contributed by atoms with van der Waals surface area (Å²) < 4.78 is 1.92. The molecule has 1 aliphatic rings. The molecule has 1 fully saturated rings. The fraction of sp³-hybridized carbons (Fsp3) is 0.471. The summed E-state index contributed by atoms with van der Waals surface area (Å²) in [5.74, 6) is 1.70. The molecule has 2 aromatic rings. The van der Waals surface area contributed by atoms with Gasteiger partial charge in [-0.25, -0.2) is 4.98 Å². The van der Waals surface area contributed by atoms with E-state index in [0.717, 1.165) is 44.1 Å². The number of rotatable bonds is 5. The second kappa shape index (κ2) is 7.75. The summed E-state index contributed by atoms with van der Waals surface area (Å²) in [4.78, 5) is 18.8. The van der Waals surface area contributed by atoms with E-state index in [1.165, 1.54) is 0 Å². The fourth-order valence-corrected chi connectivity index (χ4v) is 3.00. The van der Waals surface area contributed by atoms with Gasteiger partial charge in [-0.1, -0.05) is 0 Å². The van der Waals surface area contributed by atoms with Crippen molar-refractivity contribution < 1.29 is 4.79 Å². The van der Waals surface area contributed by atoms with Crippen LogP contribution in [0.4, 0.5) is 5.82 Å². The molecule has 130 valence electrons. The minimum absolute atomic E-state index is 0.00706. The smallest absolute Gasteiger partial charge is 0.223 e. The van der Waals surface area contributed by atoms with Crippen LogP contribution in [0.1, 0.15) is 31.2 Å². The van der Waals surface area contributed by atoms with E-state index in [-0.39, 0.29) is 11.8 Å². The second-order valence-electron chi connectivity index (χ2n) is 6.03. The van der Waals surface area contributed by atoms with Crippen LogP contribution in [0.15, 0.2) is 24.7 Å². The number of pyridine rings is 1. The van der Waals surface area contributed by atoms with Gasteiger partial charge in [0, 0.05) is 31.7 Å². The molecule has 0 aliphatic carbocycles. The Hall–Kier alpha value is -2.95. The molecule has 1 saturated heterocycles. The summed E-state index contributed by atoms with van der Waals surface area (Å²) in [6.07, 6.45) is 4.82. The van der Waals surface area contributed by atoms with Gasteiger partial charge < -0.3 is 14.8 Å². The molecule has 1 amide bonds. The van der Waals surface area contributed by atoms with Crippen molar-refractivity contribution in [1.82, 2.24) is 25.1 Å². The van der Waals surface area contributed by atoms with Gasteiger partial charge in [0.1, 0.15) is 18.2 Å². The fourth-order valence-electron chi connectivity index (χ4n) is 3.00. The third-order valence-corrected chi connectivity index (χ3v) is 4.52. The quantitative estimate of drug-likeness (QED) is 0.875. The van der Waals surface area contributed by atoms with Crippen molar-refractivity contribution in [3.8, 4) is 6.07 Å². The molecule has 8 heteroatoms. The van der Waals surface area contributed by atoms with Gasteiger partial charge >= 0.3 is 0 Å². The topological polar surface area (TPSA) is 99.7 Å². The maximum atomic E-state index is 12.4. The van der Waals surface area contributed by atoms with Crippen LogP contribution < -0.4 is 10.2 Å². The minimum Gasteiger partial charge on any atom is -0.357 e. The molecular formula is C17H21N7O. The summed E-state index contributed by atoms with van der Waals surface area (Å²) in [5.41, 5.74) is 0.554. The van der Waals surface area contributed by atoms with Gasteiger partial charge in [0.25, 0.3) is 0 Å². The van der Waals surface area contributed by atoms with Crippen molar-refractivity contribution in [3.63, 3.8) is 0 Å². The number of aryl methyl sites for hydroxylation is 1. The SMILES string of the molecule is CCn1cnnc1CNC(=O)C1CCN(c2ccc(C#N)cn2)CC1. The van der Waals surface area contributed by atoms with Gasteiger partial charge in [-0.05, 0) is 31.9 Å². The first-order valence-electron chi connectivity index (χ1n) is 8.46. The van der Waals surface area contributed by atoms with E-state index < -0.39 is 0 Å². The summed E-state index contributed by atoms with van der Waals surface area (Å²) in [7, 11) is 0. The summed E-state index contributed by atoms with van der Waals surface area (Å²) in [5, 5.41) is 19.7. The van der Waals surface area contributed by atoms with Crippen molar-refractivity contribution in [2.45, 2.75) is 32.9 Å². The Bertz CT molecular complexity index is 754. The number of carbonyl (C=O) groups is 1. The Kier molecular flexibility index (Phi) is 5.23. The number of nitrogens with one attached hydrogen (secondary N) is 1. The van der Waals surface area contributed by atoms with Crippen LogP contribution in [0.3, 0.4) is 0 Å². The lowest BCUT2D eigenvalue weighted by Gasteiger charge is -2.32. The zero-order valence-corrected chi connectivity index (χ0v) is 14.2. The highest BCUT2D eigenvalue weighted by Crippen LogP contribution is 2.22. The molecule has 3 rings (SSSR count). The molecule has 0 saturated carbocycles. The van der Waals surface area contributed by atoms with Crippen LogP contribution in [-0.4, -0.2) is 38.7 Å². The highest BCUT2D eigenvalue weighted by atomic mass is 16.1. The first kappa shape index (κ1) is 16.9. The maximum absolute atomic E-state index is 12.4. The molecule has 0 atom stereocenters. The predicted octanol–water partition coefficient (Wildman–Crippen LogP) is 1.10. The lowest BCUT2D eigenvalue weighted by molar-refractivity contribution is -0.125. The Labute approximate surface area is 146 Å². The van der Waals surface area contributed by atoms with Gasteiger partial charge in [-0.15, -0.1) is 10.2 Å². The van der Waals surface area contributed by atoms with Gasteiger partial charge in [-0.2, -0.15) is 5.26 Å². The van der Waals surface area contributed by atoms with E-state index >= 15 is 0 Å². The average molecular weight is 339 g/mol. The molecule has 25 heavy (non-hydrogen) atoms. The van der Waals surface area contributed by atoms with Crippen LogP contribution in [0.5, 0.6) is 0 Å². The predicted molar refractivity (Wildman–Crippen MR) is 91.4 cm³/mol.